The van der Waals surface area contributed by atoms with Crippen molar-refractivity contribution in [2.75, 3.05) is 60.0 Å². The van der Waals surface area contributed by atoms with Crippen LogP contribution in [0.15, 0.2) is 4.99 Å². The molecule has 9 nitrogen and oxygen atoms in total. The van der Waals surface area contributed by atoms with Crippen molar-refractivity contribution in [3.05, 3.63) is 0 Å². The number of urea groups is 1. The lowest BCUT2D eigenvalue weighted by Crippen LogP contribution is -2.50. The fraction of sp³-hybridized carbons (Fsp3) is 0.812. The molecule has 2 rings (SSSR count). The molecule has 0 saturated carbocycles. The number of likely N-dealkylation sites (tertiary alicyclic amines) is 1. The van der Waals surface area contributed by atoms with E-state index in [1.54, 1.807) is 14.2 Å². The van der Waals surface area contributed by atoms with Gasteiger partial charge in [-0.25, -0.2) is 4.79 Å². The summed E-state index contributed by atoms with van der Waals surface area (Å²) in [5.74, 6) is 0.528. The van der Waals surface area contributed by atoms with Crippen LogP contribution < -0.4 is 16.0 Å². The van der Waals surface area contributed by atoms with E-state index in [1.165, 1.54) is 4.90 Å². The van der Waals surface area contributed by atoms with Gasteiger partial charge in [-0.05, 0) is 19.3 Å². The van der Waals surface area contributed by atoms with Crippen molar-refractivity contribution in [2.45, 2.75) is 25.3 Å². The zero-order valence-corrected chi connectivity index (χ0v) is 15.2. The van der Waals surface area contributed by atoms with Gasteiger partial charge in [0.15, 0.2) is 5.96 Å². The van der Waals surface area contributed by atoms with E-state index in [0.717, 1.165) is 45.5 Å². The number of amides is 3. The lowest BCUT2D eigenvalue weighted by molar-refractivity contribution is -0.124. The van der Waals surface area contributed by atoms with Gasteiger partial charge < -0.3 is 25.6 Å². The van der Waals surface area contributed by atoms with Gasteiger partial charge in [0.05, 0.1) is 6.54 Å². The van der Waals surface area contributed by atoms with E-state index in [2.05, 4.69) is 25.8 Å². The molecule has 2 heterocycles. The Kier molecular flexibility index (Phi) is 7.93. The number of piperidine rings is 1. The molecule has 2 saturated heterocycles. The molecule has 0 bridgehead atoms. The van der Waals surface area contributed by atoms with E-state index in [1.807, 2.05) is 0 Å². The first kappa shape index (κ1) is 19.5. The Bertz CT molecular complexity index is 460. The number of hydrogen-bond donors (Lipinski definition) is 3. The van der Waals surface area contributed by atoms with Crippen LogP contribution in [0.5, 0.6) is 0 Å². The van der Waals surface area contributed by atoms with Gasteiger partial charge in [-0.15, -0.1) is 0 Å². The smallest absolute Gasteiger partial charge is 0.324 e. The highest BCUT2D eigenvalue weighted by atomic mass is 16.5. The molecule has 142 valence electrons. The van der Waals surface area contributed by atoms with Gasteiger partial charge >= 0.3 is 6.03 Å². The Morgan fingerprint density at radius 1 is 1.32 bits per heavy atom. The first-order valence-corrected chi connectivity index (χ1v) is 8.90. The van der Waals surface area contributed by atoms with Gasteiger partial charge in [-0.2, -0.15) is 0 Å². The third-order valence-electron chi connectivity index (χ3n) is 4.54. The Morgan fingerprint density at radius 3 is 2.68 bits per heavy atom. The minimum atomic E-state index is -0.324. The number of aliphatic imine (C=N–C) groups is 1. The zero-order valence-electron chi connectivity index (χ0n) is 15.2. The van der Waals surface area contributed by atoms with Gasteiger partial charge in [-0.1, -0.05) is 0 Å². The molecule has 0 aromatic carbocycles. The number of rotatable bonds is 8. The lowest BCUT2D eigenvalue weighted by atomic mass is 10.1. The SMILES string of the molecule is CN=C(NCCN1C(=O)CNC1=O)NC1CCN(CCCOC)CC1. The predicted molar refractivity (Wildman–Crippen MR) is 95.6 cm³/mol. The van der Waals surface area contributed by atoms with Crippen LogP contribution in [-0.2, 0) is 9.53 Å². The number of hydrogen-bond acceptors (Lipinski definition) is 5. The largest absolute Gasteiger partial charge is 0.385 e. The van der Waals surface area contributed by atoms with Crippen LogP contribution in [0.2, 0.25) is 0 Å². The average molecular weight is 354 g/mol. The number of ether oxygens (including phenoxy) is 1. The van der Waals surface area contributed by atoms with Crippen LogP contribution in [0.1, 0.15) is 19.3 Å². The Hall–Kier alpha value is -1.87. The second-order valence-corrected chi connectivity index (χ2v) is 6.31. The molecule has 2 fully saturated rings. The summed E-state index contributed by atoms with van der Waals surface area (Å²) in [6, 6.07) is 0.0668. The molecule has 9 heteroatoms. The van der Waals surface area contributed by atoms with Crippen molar-refractivity contribution in [3.8, 4) is 0 Å². The van der Waals surface area contributed by atoms with Crippen molar-refractivity contribution in [1.82, 2.24) is 25.8 Å². The van der Waals surface area contributed by atoms with Gasteiger partial charge in [0.1, 0.15) is 0 Å². The molecule has 2 aliphatic rings. The lowest BCUT2D eigenvalue weighted by Gasteiger charge is -2.33. The average Bonchev–Trinajstić information content (AvgIpc) is 2.94. The van der Waals surface area contributed by atoms with E-state index < -0.39 is 0 Å². The van der Waals surface area contributed by atoms with Gasteiger partial charge in [-0.3, -0.25) is 14.7 Å². The number of imide groups is 1. The minimum Gasteiger partial charge on any atom is -0.385 e. The molecule has 3 amide bonds. The summed E-state index contributed by atoms with van der Waals surface area (Å²) in [7, 11) is 3.46. The third kappa shape index (κ3) is 6.17. The molecule has 0 aromatic rings. The van der Waals surface area contributed by atoms with Crippen molar-refractivity contribution < 1.29 is 14.3 Å². The summed E-state index contributed by atoms with van der Waals surface area (Å²) in [4.78, 5) is 30.9. The molecule has 0 atom stereocenters. The Balaban J connectivity index is 1.64. The molecule has 2 aliphatic heterocycles. The second kappa shape index (κ2) is 10.2. The van der Waals surface area contributed by atoms with Gasteiger partial charge in [0.2, 0.25) is 5.91 Å². The normalized spacial score (nSPS) is 20.1. The number of nitrogens with zero attached hydrogens (tertiary/aromatic N) is 3. The molecular formula is C16H30N6O3. The number of methoxy groups -OCH3 is 1. The van der Waals surface area contributed by atoms with E-state index >= 15 is 0 Å². The fourth-order valence-corrected chi connectivity index (χ4v) is 3.09. The van der Waals surface area contributed by atoms with Crippen LogP contribution >= 0.6 is 0 Å². The maximum atomic E-state index is 11.5. The van der Waals surface area contributed by atoms with Crippen LogP contribution in [0.25, 0.3) is 0 Å². The molecule has 0 aromatic heterocycles. The highest BCUT2D eigenvalue weighted by Gasteiger charge is 2.27. The molecule has 0 unspecified atom stereocenters. The highest BCUT2D eigenvalue weighted by Crippen LogP contribution is 2.10. The minimum absolute atomic E-state index is 0.0920. The summed E-state index contributed by atoms with van der Waals surface area (Å²) in [6.45, 7) is 4.94. The first-order valence-electron chi connectivity index (χ1n) is 8.90. The van der Waals surface area contributed by atoms with E-state index in [9.17, 15) is 9.59 Å². The quantitative estimate of drug-likeness (QED) is 0.229. The summed E-state index contributed by atoms with van der Waals surface area (Å²) in [5, 5.41) is 9.11. The highest BCUT2D eigenvalue weighted by molar-refractivity contribution is 6.01. The topological polar surface area (TPSA) is 98.3 Å². The van der Waals surface area contributed by atoms with Gasteiger partial charge in [0.25, 0.3) is 0 Å². The molecule has 25 heavy (non-hydrogen) atoms. The maximum absolute atomic E-state index is 11.5. The van der Waals surface area contributed by atoms with Crippen molar-refractivity contribution in [3.63, 3.8) is 0 Å². The van der Waals surface area contributed by atoms with Gasteiger partial charge in [0, 0.05) is 59.5 Å². The summed E-state index contributed by atoms with van der Waals surface area (Å²) < 4.78 is 5.10. The van der Waals surface area contributed by atoms with E-state index in [0.29, 0.717) is 25.1 Å². The van der Waals surface area contributed by atoms with E-state index in [4.69, 9.17) is 4.74 Å². The Labute approximate surface area is 149 Å². The molecule has 0 aliphatic carbocycles. The number of carbonyl (C=O) groups is 2. The summed E-state index contributed by atoms with van der Waals surface area (Å²) >= 11 is 0. The maximum Gasteiger partial charge on any atom is 0.324 e. The number of nitrogens with one attached hydrogen (secondary N) is 3. The molecule has 3 N–H and O–H groups in total. The zero-order chi connectivity index (χ0) is 18.1. The molecule has 0 radical (unpaired) electrons. The third-order valence-corrected chi connectivity index (χ3v) is 4.54. The van der Waals surface area contributed by atoms with Crippen LogP contribution in [-0.4, -0.2) is 93.8 Å². The molecule has 0 spiro atoms. The standard InChI is InChI=1S/C16H30N6O3/c1-17-15(18-6-10-22-14(23)12-19-16(22)24)20-13-4-8-21(9-5-13)7-3-11-25-2/h13H,3-12H2,1-2H3,(H,19,24)(H2,17,18,20). The fourth-order valence-electron chi connectivity index (χ4n) is 3.09. The monoisotopic (exact) mass is 354 g/mol. The van der Waals surface area contributed by atoms with Crippen molar-refractivity contribution >= 4 is 17.9 Å². The van der Waals surface area contributed by atoms with Crippen LogP contribution in [0.4, 0.5) is 4.79 Å². The van der Waals surface area contributed by atoms with Crippen LogP contribution in [0, 0.1) is 0 Å². The second-order valence-electron chi connectivity index (χ2n) is 6.31. The number of carbonyl (C=O) groups excluding carboxylic acids is 2. The number of guanidine groups is 1. The van der Waals surface area contributed by atoms with Crippen molar-refractivity contribution in [1.29, 1.82) is 0 Å². The van der Waals surface area contributed by atoms with Crippen molar-refractivity contribution in [2.24, 2.45) is 4.99 Å². The summed E-state index contributed by atoms with van der Waals surface area (Å²) in [5.41, 5.74) is 0. The molecular weight excluding hydrogens is 324 g/mol. The first-order chi connectivity index (χ1) is 12.1. The summed E-state index contributed by atoms with van der Waals surface area (Å²) in [6.07, 6.45) is 3.21. The Morgan fingerprint density at radius 2 is 2.08 bits per heavy atom. The van der Waals surface area contributed by atoms with Crippen LogP contribution in [0.3, 0.4) is 0 Å². The predicted octanol–water partition coefficient (Wildman–Crippen LogP) is -0.796. The van der Waals surface area contributed by atoms with E-state index in [-0.39, 0.29) is 18.5 Å².